The number of ketones is 1. The second-order valence-electron chi connectivity index (χ2n) is 6.16. The number of nitrogens with one attached hydrogen (secondary N) is 1. The SMILES string of the molecule is Cc1cc2cc(CC(=O)c3ccc(-c4csc(C)n4)cc3)cnc2[nH]1. The maximum absolute atomic E-state index is 12.6. The van der Waals surface area contributed by atoms with E-state index in [0.717, 1.165) is 38.6 Å². The average Bonchev–Trinajstić information content (AvgIpc) is 3.19. The number of carbonyl (C=O) groups excluding carboxylic acids is 1. The van der Waals surface area contributed by atoms with E-state index < -0.39 is 0 Å². The molecule has 4 rings (SSSR count). The van der Waals surface area contributed by atoms with Crippen molar-refractivity contribution in [2.45, 2.75) is 20.3 Å². The summed E-state index contributed by atoms with van der Waals surface area (Å²) in [7, 11) is 0. The monoisotopic (exact) mass is 347 g/mol. The molecule has 3 heterocycles. The molecule has 0 saturated heterocycles. The van der Waals surface area contributed by atoms with Crippen molar-refractivity contribution in [3.8, 4) is 11.3 Å². The van der Waals surface area contributed by atoms with Crippen molar-refractivity contribution >= 4 is 28.2 Å². The molecule has 0 spiro atoms. The zero-order chi connectivity index (χ0) is 17.4. The summed E-state index contributed by atoms with van der Waals surface area (Å²) in [6.07, 6.45) is 2.12. The lowest BCUT2D eigenvalue weighted by atomic mass is 10.0. The summed E-state index contributed by atoms with van der Waals surface area (Å²) in [5.41, 5.74) is 5.55. The lowest BCUT2D eigenvalue weighted by Crippen LogP contribution is -2.03. The van der Waals surface area contributed by atoms with Crippen molar-refractivity contribution in [1.82, 2.24) is 15.0 Å². The lowest BCUT2D eigenvalue weighted by molar-refractivity contribution is 0.0993. The standard InChI is InChI=1S/C20H17N3OS/c1-12-7-17-8-14(10-21-20(17)22-12)9-19(24)16-5-3-15(4-6-16)18-11-25-13(2)23-18/h3-8,10-11H,9H2,1-2H3,(H,21,22). The van der Waals surface area contributed by atoms with Crippen molar-refractivity contribution in [1.29, 1.82) is 0 Å². The van der Waals surface area contributed by atoms with E-state index >= 15 is 0 Å². The summed E-state index contributed by atoms with van der Waals surface area (Å²) in [5.74, 6) is 0.0921. The summed E-state index contributed by atoms with van der Waals surface area (Å²) in [6.45, 7) is 3.99. The van der Waals surface area contributed by atoms with Crippen molar-refractivity contribution in [2.24, 2.45) is 0 Å². The van der Waals surface area contributed by atoms with Crippen LogP contribution in [0.25, 0.3) is 22.3 Å². The molecule has 0 saturated carbocycles. The highest BCUT2D eigenvalue weighted by Crippen LogP contribution is 2.22. The van der Waals surface area contributed by atoms with Crippen molar-refractivity contribution in [2.75, 3.05) is 0 Å². The van der Waals surface area contributed by atoms with E-state index in [-0.39, 0.29) is 5.78 Å². The van der Waals surface area contributed by atoms with Gasteiger partial charge in [-0.1, -0.05) is 24.3 Å². The Morgan fingerprint density at radius 1 is 1.16 bits per heavy atom. The van der Waals surface area contributed by atoms with E-state index in [1.807, 2.05) is 55.6 Å². The Labute approximate surface area is 149 Å². The van der Waals surface area contributed by atoms with E-state index in [2.05, 4.69) is 15.0 Å². The number of aromatic nitrogens is 3. The minimum atomic E-state index is 0.0921. The first-order valence-electron chi connectivity index (χ1n) is 8.08. The van der Waals surface area contributed by atoms with Gasteiger partial charge in [0.1, 0.15) is 5.65 Å². The number of benzene rings is 1. The number of pyridine rings is 1. The topological polar surface area (TPSA) is 58.6 Å². The van der Waals surface area contributed by atoms with Gasteiger partial charge < -0.3 is 4.98 Å². The summed E-state index contributed by atoms with van der Waals surface area (Å²) >= 11 is 1.63. The van der Waals surface area contributed by atoms with Crippen LogP contribution in [0.2, 0.25) is 0 Å². The summed E-state index contributed by atoms with van der Waals surface area (Å²) in [4.78, 5) is 24.6. The van der Waals surface area contributed by atoms with Crippen LogP contribution in [-0.2, 0) is 6.42 Å². The second kappa shape index (κ2) is 6.26. The minimum absolute atomic E-state index is 0.0921. The Balaban J connectivity index is 1.53. The molecule has 124 valence electrons. The van der Waals surface area contributed by atoms with Crippen molar-refractivity contribution in [3.05, 3.63) is 69.8 Å². The van der Waals surface area contributed by atoms with E-state index in [1.165, 1.54) is 0 Å². The molecule has 0 aliphatic heterocycles. The molecule has 0 unspecified atom stereocenters. The fourth-order valence-corrected chi connectivity index (χ4v) is 3.53. The number of carbonyl (C=O) groups is 1. The first kappa shape index (κ1) is 15.7. The lowest BCUT2D eigenvalue weighted by Gasteiger charge is -2.03. The van der Waals surface area contributed by atoms with E-state index in [0.29, 0.717) is 12.0 Å². The molecule has 0 aliphatic carbocycles. The van der Waals surface area contributed by atoms with Gasteiger partial charge in [-0.25, -0.2) is 9.97 Å². The maximum Gasteiger partial charge on any atom is 0.167 e. The molecule has 1 N–H and O–H groups in total. The van der Waals surface area contributed by atoms with Gasteiger partial charge in [-0.2, -0.15) is 0 Å². The van der Waals surface area contributed by atoms with Crippen LogP contribution in [0.5, 0.6) is 0 Å². The molecular formula is C20H17N3OS. The van der Waals surface area contributed by atoms with Crippen LogP contribution in [-0.4, -0.2) is 20.7 Å². The quantitative estimate of drug-likeness (QED) is 0.543. The number of aromatic amines is 1. The minimum Gasteiger partial charge on any atom is -0.344 e. The van der Waals surface area contributed by atoms with E-state index in [9.17, 15) is 4.79 Å². The molecule has 5 heteroatoms. The predicted octanol–water partition coefficient (Wildman–Crippen LogP) is 4.73. The molecule has 4 nitrogen and oxygen atoms in total. The first-order valence-corrected chi connectivity index (χ1v) is 8.96. The molecule has 1 aromatic carbocycles. The van der Waals surface area contributed by atoms with Crippen molar-refractivity contribution < 1.29 is 4.79 Å². The second-order valence-corrected chi connectivity index (χ2v) is 7.23. The first-order chi connectivity index (χ1) is 12.1. The third-order valence-corrected chi connectivity index (χ3v) is 4.92. The Morgan fingerprint density at radius 2 is 1.96 bits per heavy atom. The summed E-state index contributed by atoms with van der Waals surface area (Å²) in [6, 6.07) is 11.7. The predicted molar refractivity (Wildman–Crippen MR) is 101 cm³/mol. The number of aryl methyl sites for hydroxylation is 2. The van der Waals surface area contributed by atoms with E-state index in [4.69, 9.17) is 0 Å². The van der Waals surface area contributed by atoms with Gasteiger partial charge in [-0.05, 0) is 31.5 Å². The zero-order valence-corrected chi connectivity index (χ0v) is 14.9. The number of Topliss-reactive ketones (excluding diaryl/α,β-unsaturated/α-hetero) is 1. The molecule has 0 radical (unpaired) electrons. The Bertz CT molecular complexity index is 1060. The fraction of sp³-hybridized carbons (Fsp3) is 0.150. The molecule has 0 bridgehead atoms. The van der Waals surface area contributed by atoms with Crippen LogP contribution in [0.15, 0.2) is 48.0 Å². The number of hydrogen-bond donors (Lipinski definition) is 1. The smallest absolute Gasteiger partial charge is 0.167 e. The molecule has 25 heavy (non-hydrogen) atoms. The van der Waals surface area contributed by atoms with Crippen LogP contribution in [0, 0.1) is 13.8 Å². The highest BCUT2D eigenvalue weighted by molar-refractivity contribution is 7.09. The van der Waals surface area contributed by atoms with Gasteiger partial charge in [0.05, 0.1) is 10.7 Å². The van der Waals surface area contributed by atoms with Gasteiger partial charge in [0.15, 0.2) is 5.78 Å². The molecule has 4 aromatic rings. The van der Waals surface area contributed by atoms with E-state index in [1.54, 1.807) is 17.5 Å². The van der Waals surface area contributed by atoms with Gasteiger partial charge in [0.25, 0.3) is 0 Å². The van der Waals surface area contributed by atoms with Gasteiger partial charge in [-0.3, -0.25) is 4.79 Å². The third-order valence-electron chi connectivity index (χ3n) is 4.15. The Hall–Kier alpha value is -2.79. The number of rotatable bonds is 4. The van der Waals surface area contributed by atoms with Crippen molar-refractivity contribution in [3.63, 3.8) is 0 Å². The van der Waals surface area contributed by atoms with Gasteiger partial charge in [0, 0.05) is 40.2 Å². The van der Waals surface area contributed by atoms with Crippen LogP contribution in [0.3, 0.4) is 0 Å². The largest absolute Gasteiger partial charge is 0.344 e. The van der Waals surface area contributed by atoms with Gasteiger partial charge in [0.2, 0.25) is 0 Å². The van der Waals surface area contributed by atoms with Crippen LogP contribution in [0.4, 0.5) is 0 Å². The number of fused-ring (bicyclic) bond motifs is 1. The molecule has 0 fully saturated rings. The van der Waals surface area contributed by atoms with Crippen LogP contribution < -0.4 is 0 Å². The highest BCUT2D eigenvalue weighted by Gasteiger charge is 2.10. The normalized spacial score (nSPS) is 11.1. The highest BCUT2D eigenvalue weighted by atomic mass is 32.1. The van der Waals surface area contributed by atoms with Gasteiger partial charge >= 0.3 is 0 Å². The van der Waals surface area contributed by atoms with Crippen LogP contribution in [0.1, 0.15) is 26.6 Å². The number of nitrogens with zero attached hydrogens (tertiary/aromatic N) is 2. The summed E-state index contributed by atoms with van der Waals surface area (Å²) in [5, 5.41) is 4.11. The molecule has 0 aliphatic rings. The van der Waals surface area contributed by atoms with Crippen LogP contribution >= 0.6 is 11.3 Å². The van der Waals surface area contributed by atoms with Gasteiger partial charge in [-0.15, -0.1) is 11.3 Å². The number of H-pyrrole nitrogens is 1. The third kappa shape index (κ3) is 3.23. The summed E-state index contributed by atoms with van der Waals surface area (Å²) < 4.78 is 0. The maximum atomic E-state index is 12.6. The number of hydrogen-bond acceptors (Lipinski definition) is 4. The number of thiazole rings is 1. The zero-order valence-electron chi connectivity index (χ0n) is 14.0. The fourth-order valence-electron chi connectivity index (χ4n) is 2.90. The Kier molecular flexibility index (Phi) is 3.93. The molecule has 0 amide bonds. The molecule has 3 aromatic heterocycles. The molecular weight excluding hydrogens is 330 g/mol. The average molecular weight is 347 g/mol. The Morgan fingerprint density at radius 3 is 2.68 bits per heavy atom. The molecule has 0 atom stereocenters.